The number of carboxylic acids is 1. The number of ether oxygens (including phenoxy) is 2. The summed E-state index contributed by atoms with van der Waals surface area (Å²) in [4.78, 5) is 59.0. The lowest BCUT2D eigenvalue weighted by atomic mass is 9.91. The molecule has 0 spiro atoms. The first kappa shape index (κ1) is 105. The Morgan fingerprint density at radius 2 is 0.772 bits per heavy atom. The highest BCUT2D eigenvalue weighted by Crippen LogP contribution is 2.40. The lowest BCUT2D eigenvalue weighted by Crippen LogP contribution is -2.41. The quantitative estimate of drug-likeness (QED) is 0.0144. The summed E-state index contributed by atoms with van der Waals surface area (Å²) in [5, 5.41) is 92.8. The third-order valence-corrected chi connectivity index (χ3v) is 24.9. The number of amides is 1. The Morgan fingerprint density at radius 1 is 0.421 bits per heavy atom. The zero-order valence-electron chi connectivity index (χ0n) is 83.4. The van der Waals surface area contributed by atoms with Crippen LogP contribution >= 0.6 is 0 Å². The molecular formula is C124H119N5O16. The molecule has 21 heteroatoms. The summed E-state index contributed by atoms with van der Waals surface area (Å²) in [5.74, 6) is -0.0562. The second-order valence-electron chi connectivity index (χ2n) is 36.2. The first-order chi connectivity index (χ1) is 69.9. The van der Waals surface area contributed by atoms with Crippen molar-refractivity contribution in [3.63, 3.8) is 0 Å². The average Bonchev–Trinajstić information content (AvgIpc) is 1.64. The third kappa shape index (κ3) is 25.4. The van der Waals surface area contributed by atoms with Crippen molar-refractivity contribution in [3.8, 4) is 28.7 Å². The molecular weight excluding hydrogens is 1820 g/mol. The van der Waals surface area contributed by atoms with E-state index in [1.807, 2.05) is 217 Å². The van der Waals surface area contributed by atoms with Gasteiger partial charge >= 0.3 is 12.1 Å². The molecule has 16 aromatic carbocycles. The van der Waals surface area contributed by atoms with Crippen molar-refractivity contribution in [1.29, 1.82) is 0 Å². The highest BCUT2D eigenvalue weighted by atomic mass is 16.6. The van der Waals surface area contributed by atoms with Gasteiger partial charge in [0.25, 0.3) is 0 Å². The van der Waals surface area contributed by atoms with E-state index in [-0.39, 0.29) is 52.0 Å². The monoisotopic (exact) mass is 1930 g/mol. The number of fused-ring (bicyclic) bond motifs is 11. The Kier molecular flexibility index (Phi) is 35.3. The number of hydrogen-bond donors (Lipinski definition) is 6. The number of hydrogen-bond acceptors (Lipinski definition) is 19. The number of aromatic nitrogens is 3. The third-order valence-electron chi connectivity index (χ3n) is 24.9. The van der Waals surface area contributed by atoms with E-state index in [4.69, 9.17) is 33.4 Å². The predicted molar refractivity (Wildman–Crippen MR) is 587 cm³/mol. The molecule has 1 saturated heterocycles. The van der Waals surface area contributed by atoms with Crippen LogP contribution in [-0.4, -0.2) is 112 Å². The maximum atomic E-state index is 12.3. The fourth-order valence-corrected chi connectivity index (χ4v) is 17.7. The molecule has 20 rings (SSSR count). The average molecular weight is 1940 g/mol. The van der Waals surface area contributed by atoms with Crippen molar-refractivity contribution in [2.75, 3.05) is 19.7 Å². The summed E-state index contributed by atoms with van der Waals surface area (Å²) in [6.07, 6.45) is 21.0. The summed E-state index contributed by atoms with van der Waals surface area (Å²) in [7, 11) is 0. The number of piperidine rings is 1. The molecule has 19 aromatic rings. The fourth-order valence-electron chi connectivity index (χ4n) is 17.7. The van der Waals surface area contributed by atoms with E-state index in [1.165, 1.54) is 63.9 Å². The highest BCUT2D eigenvalue weighted by molar-refractivity contribution is 6.10. The van der Waals surface area contributed by atoms with Gasteiger partial charge in [-0.1, -0.05) is 270 Å². The van der Waals surface area contributed by atoms with Crippen LogP contribution in [0.25, 0.3) is 131 Å². The number of allylic oxidation sites excluding steroid dienone is 5. The largest absolute Gasteiger partial charge is 0.507 e. The van der Waals surface area contributed by atoms with Crippen LogP contribution in [0.4, 0.5) is 4.79 Å². The summed E-state index contributed by atoms with van der Waals surface area (Å²) < 4.78 is 27.7. The number of carbonyl (C=O) groups excluding carboxylic acids is 4. The molecule has 736 valence electrons. The molecule has 6 N–H and O–H groups in total. The minimum atomic E-state index is -1.12. The van der Waals surface area contributed by atoms with Gasteiger partial charge in [-0.2, -0.15) is 0 Å². The molecule has 1 aliphatic heterocycles. The number of rotatable bonds is 19. The van der Waals surface area contributed by atoms with Crippen LogP contribution in [0.5, 0.6) is 28.7 Å². The predicted octanol–water partition coefficient (Wildman–Crippen LogP) is 30.5. The number of carbonyl (C=O) groups is 5. The molecule has 1 fully saturated rings. The van der Waals surface area contributed by atoms with Gasteiger partial charge in [0.05, 0.1) is 39.5 Å². The molecule has 145 heavy (non-hydrogen) atoms. The van der Waals surface area contributed by atoms with Crippen molar-refractivity contribution in [3.05, 3.63) is 396 Å². The number of aromatic carboxylic acids is 1. The molecule has 0 saturated carbocycles. The van der Waals surface area contributed by atoms with Crippen molar-refractivity contribution >= 4 is 166 Å². The van der Waals surface area contributed by atoms with Crippen LogP contribution in [-0.2, 0) is 30.4 Å². The van der Waals surface area contributed by atoms with Crippen LogP contribution < -0.4 is 4.74 Å². The minimum Gasteiger partial charge on any atom is -0.507 e. The smallest absolute Gasteiger partial charge is 0.410 e. The highest BCUT2D eigenvalue weighted by Gasteiger charge is 2.29. The van der Waals surface area contributed by atoms with Crippen molar-refractivity contribution in [1.82, 2.24) is 20.4 Å². The first-order valence-electron chi connectivity index (χ1n) is 47.9. The van der Waals surface area contributed by atoms with Gasteiger partial charge < -0.3 is 58.7 Å². The number of phenols is 4. The molecule has 0 radical (unpaired) electrons. The Morgan fingerprint density at radius 3 is 1.21 bits per heavy atom. The van der Waals surface area contributed by atoms with E-state index in [0.29, 0.717) is 59.1 Å². The number of Topliss-reactive ketones (excluding diaryl/α,β-unsaturated/α-hetero) is 3. The number of benzene rings is 16. The first-order valence-corrected chi connectivity index (χ1v) is 47.9. The Balaban J connectivity index is 0.000000141. The molecule has 1 amide bonds. The van der Waals surface area contributed by atoms with E-state index in [1.54, 1.807) is 56.3 Å². The number of nitrogens with zero attached hydrogens (tertiary/aromatic N) is 5. The van der Waals surface area contributed by atoms with Crippen molar-refractivity contribution in [2.24, 2.45) is 11.1 Å². The second-order valence-corrected chi connectivity index (χ2v) is 36.2. The van der Waals surface area contributed by atoms with Crippen LogP contribution in [0.1, 0.15) is 173 Å². The lowest BCUT2D eigenvalue weighted by Gasteiger charge is -2.33. The molecule has 4 heterocycles. The summed E-state index contributed by atoms with van der Waals surface area (Å²) in [5.41, 5.74) is 12.3. The molecule has 0 aliphatic carbocycles. The SMILES string of the molecule is C=CCOc1cc2ccccc2cc1C(C)=O.C=CCc1c(O)c(/C(C)=N/O)cc2ccccc12.C=CCc1c(O)c(C(C)=O)cc2ccccc12.C=CCc1c2ccccc2cc2c(C)noc12.CC(=O)c1cc2ccccc2cc1O.CC=Cc1c2ccccc2cc2c(C)noc12.CC=Cc1c2ccccc2cc2c(CCC3CCN(C(=O)OC(C)(C)C)CC3)noc12.O=C(O)c1cc2ccccc2cc1O. The van der Waals surface area contributed by atoms with Gasteiger partial charge in [0.15, 0.2) is 34.1 Å². The lowest BCUT2D eigenvalue weighted by molar-refractivity contribution is 0.0180. The normalized spacial score (nSPS) is 12.0. The summed E-state index contributed by atoms with van der Waals surface area (Å²) in [6, 6.07) is 83.5. The van der Waals surface area contributed by atoms with E-state index >= 15 is 0 Å². The van der Waals surface area contributed by atoms with Gasteiger partial charge in [-0.25, -0.2) is 9.59 Å². The zero-order chi connectivity index (χ0) is 104. The number of carboxylic acid groups (broad SMARTS) is 1. The molecule has 0 bridgehead atoms. The maximum absolute atomic E-state index is 12.3. The van der Waals surface area contributed by atoms with E-state index in [0.717, 1.165) is 171 Å². The van der Waals surface area contributed by atoms with Crippen LogP contribution in [0, 0.1) is 19.8 Å². The van der Waals surface area contributed by atoms with Gasteiger partial charge in [-0.05, 0) is 280 Å². The summed E-state index contributed by atoms with van der Waals surface area (Å²) in [6.45, 7) is 36.5. The zero-order valence-corrected chi connectivity index (χ0v) is 83.4. The second kappa shape index (κ2) is 48.7. The Bertz CT molecular complexity index is 8060. The number of oxime groups is 1. The Hall–Kier alpha value is -17.3. The molecule has 3 aromatic heterocycles. The van der Waals surface area contributed by atoms with E-state index < -0.39 is 11.6 Å². The fraction of sp³-hybridized carbons (Fsp3) is 0.185. The van der Waals surface area contributed by atoms with Crippen LogP contribution in [0.2, 0.25) is 0 Å². The maximum Gasteiger partial charge on any atom is 0.410 e. The summed E-state index contributed by atoms with van der Waals surface area (Å²) >= 11 is 0. The van der Waals surface area contributed by atoms with Gasteiger partial charge in [-0.15, -0.1) is 19.7 Å². The molecule has 1 aliphatic rings. The number of aryl methyl sites for hydroxylation is 3. The number of aromatic hydroxyl groups is 4. The Labute approximate surface area is 841 Å². The number of likely N-dealkylation sites (tertiary alicyclic amines) is 1. The minimum absolute atomic E-state index is 0.00909. The molecule has 21 nitrogen and oxygen atoms in total. The number of ketones is 3. The standard InChI is InChI=1S/C26H32N2O3.C15H15NO2.2C15H13NO.2C15H14O2.C12H10O2.C11H8O3/c1-5-8-21-20-10-7-6-9-19(20)17-22-23(27-31-24(21)22)12-11-18-13-15-28(16-14-18)25(29)30-26(2,3)4;1-3-6-13-12-8-5-4-7-11(12)9-14(15(13)17)10(2)16-18;2*1-3-6-13-12-8-5-4-7-11(12)9-14-10(2)16-17-15(13)14;1-3-8-17-15-10-13-7-5-4-6-12(13)9-14(15)11(2)16;1-3-6-13-12-8-5-4-7-11(12)9-14(10(2)16)15(13)17;1-8(13)11-6-9-4-2-3-5-10(9)7-12(11)14;12-10-6-8-4-2-1-3-7(8)5-9(10)11(13)14/h5-10,17-18H,11-16H2,1-4H3;3-5,7-9,17-18H,1,6H2,2H3;3-9H,1-2H3;3-5,7-9H,1,6H2,2H3;3-7,9-10H,1,8H2,2H3;3-5,7-9,17H,1,6H2,2H3;2-7,14H,1H3;1-6,12H,(H,13,14)/b;16-10+;;;;;;. The van der Waals surface area contributed by atoms with Gasteiger partial charge in [-0.3, -0.25) is 14.4 Å². The van der Waals surface area contributed by atoms with E-state index in [9.17, 15) is 44.4 Å². The van der Waals surface area contributed by atoms with Gasteiger partial charge in [0.1, 0.15) is 46.5 Å². The van der Waals surface area contributed by atoms with Gasteiger partial charge in [0, 0.05) is 62.6 Å². The van der Waals surface area contributed by atoms with E-state index in [2.05, 4.69) is 138 Å². The number of phenolic OH excluding ortho intramolecular Hbond substituents is 3. The molecule has 0 unspecified atom stereocenters. The molecule has 0 atom stereocenters. The van der Waals surface area contributed by atoms with Gasteiger partial charge in [0.2, 0.25) is 0 Å². The van der Waals surface area contributed by atoms with Crippen molar-refractivity contribution in [2.45, 2.75) is 127 Å². The van der Waals surface area contributed by atoms with Crippen LogP contribution in [0.15, 0.2) is 342 Å². The van der Waals surface area contributed by atoms with Crippen molar-refractivity contribution < 1.29 is 77.8 Å². The van der Waals surface area contributed by atoms with Crippen LogP contribution in [0.3, 0.4) is 0 Å². The topological polar surface area (TPSA) is 319 Å².